The van der Waals surface area contributed by atoms with Crippen LogP contribution < -0.4 is 11.2 Å². The number of halogens is 1. The van der Waals surface area contributed by atoms with Gasteiger partial charge in [0.05, 0.1) is 22.3 Å². The third-order valence-corrected chi connectivity index (χ3v) is 5.31. The molecule has 1 aliphatic heterocycles. The maximum Gasteiger partial charge on any atom is 0.495 e. The summed E-state index contributed by atoms with van der Waals surface area (Å²) >= 11 is 0. The number of aromatic nitrogens is 1. The lowest BCUT2D eigenvalue weighted by Crippen LogP contribution is -2.41. The number of nitrogens with one attached hydrogen (secondary N) is 1. The number of primary amides is 1. The van der Waals surface area contributed by atoms with Crippen LogP contribution in [0, 0.1) is 19.7 Å². The van der Waals surface area contributed by atoms with Crippen LogP contribution in [0.1, 0.15) is 49.3 Å². The van der Waals surface area contributed by atoms with Crippen LogP contribution in [0.3, 0.4) is 0 Å². The lowest BCUT2D eigenvalue weighted by molar-refractivity contribution is 0.00578. The monoisotopic (exact) mass is 332 g/mol. The van der Waals surface area contributed by atoms with Gasteiger partial charge in [-0.15, -0.1) is 0 Å². The molecular formula is C17H22BFN2O3. The van der Waals surface area contributed by atoms with Crippen molar-refractivity contribution in [3.05, 3.63) is 28.7 Å². The fourth-order valence-electron chi connectivity index (χ4n) is 3.06. The molecular weight excluding hydrogens is 310 g/mol. The summed E-state index contributed by atoms with van der Waals surface area (Å²) in [4.78, 5) is 14.8. The highest BCUT2D eigenvalue weighted by Gasteiger charge is 2.52. The summed E-state index contributed by atoms with van der Waals surface area (Å²) in [5, 5.41) is 0.723. The Kier molecular flexibility index (Phi) is 3.59. The van der Waals surface area contributed by atoms with E-state index in [9.17, 15) is 9.18 Å². The quantitative estimate of drug-likeness (QED) is 0.829. The molecule has 1 aromatic carbocycles. The van der Waals surface area contributed by atoms with Crippen LogP contribution in [0.25, 0.3) is 10.9 Å². The topological polar surface area (TPSA) is 77.3 Å². The van der Waals surface area contributed by atoms with Gasteiger partial charge in [-0.05, 0) is 58.6 Å². The molecule has 3 rings (SSSR count). The minimum absolute atomic E-state index is 0.138. The van der Waals surface area contributed by atoms with Gasteiger partial charge < -0.3 is 20.0 Å². The molecule has 0 atom stereocenters. The van der Waals surface area contributed by atoms with E-state index >= 15 is 0 Å². The highest BCUT2D eigenvalue weighted by atomic mass is 19.1. The largest absolute Gasteiger partial charge is 0.495 e. The summed E-state index contributed by atoms with van der Waals surface area (Å²) in [6.45, 7) is 11.5. The lowest BCUT2D eigenvalue weighted by Gasteiger charge is -2.32. The van der Waals surface area contributed by atoms with E-state index in [4.69, 9.17) is 15.0 Å². The molecule has 0 spiro atoms. The first kappa shape index (κ1) is 17.0. The molecule has 2 heterocycles. The van der Waals surface area contributed by atoms with E-state index < -0.39 is 30.0 Å². The molecule has 1 saturated heterocycles. The van der Waals surface area contributed by atoms with Crippen molar-refractivity contribution in [3.8, 4) is 0 Å². The second kappa shape index (κ2) is 5.07. The molecule has 128 valence electrons. The second-order valence-corrected chi connectivity index (χ2v) is 7.40. The number of carbonyl (C=O) groups is 1. The molecule has 5 nitrogen and oxygen atoms in total. The van der Waals surface area contributed by atoms with Gasteiger partial charge in [0, 0.05) is 11.1 Å². The van der Waals surface area contributed by atoms with Gasteiger partial charge in [0.15, 0.2) is 0 Å². The number of aryl methyl sites for hydroxylation is 2. The molecule has 3 N–H and O–H groups in total. The number of fused-ring (bicyclic) bond motifs is 1. The smallest absolute Gasteiger partial charge is 0.399 e. The minimum atomic E-state index is -0.806. The Labute approximate surface area is 140 Å². The number of nitrogens with two attached hydrogens (primary N) is 1. The van der Waals surface area contributed by atoms with Gasteiger partial charge in [0.25, 0.3) is 5.91 Å². The summed E-state index contributed by atoms with van der Waals surface area (Å²) in [5.41, 5.74) is 6.86. The second-order valence-electron chi connectivity index (χ2n) is 7.40. The van der Waals surface area contributed by atoms with Gasteiger partial charge in [-0.1, -0.05) is 0 Å². The average Bonchev–Trinajstić information content (AvgIpc) is 2.82. The van der Waals surface area contributed by atoms with Gasteiger partial charge in [-0.3, -0.25) is 4.79 Å². The van der Waals surface area contributed by atoms with Crippen molar-refractivity contribution < 1.29 is 18.5 Å². The molecule has 0 saturated carbocycles. The number of rotatable bonds is 2. The molecule has 0 radical (unpaired) electrons. The molecule has 24 heavy (non-hydrogen) atoms. The third kappa shape index (κ3) is 2.26. The molecule has 1 aromatic heterocycles. The fraction of sp³-hybridized carbons (Fsp3) is 0.471. The van der Waals surface area contributed by atoms with E-state index in [0.717, 1.165) is 16.6 Å². The predicted molar refractivity (Wildman–Crippen MR) is 92.0 cm³/mol. The van der Waals surface area contributed by atoms with Crippen molar-refractivity contribution in [1.29, 1.82) is 0 Å². The number of benzene rings is 1. The summed E-state index contributed by atoms with van der Waals surface area (Å²) < 4.78 is 26.7. The lowest BCUT2D eigenvalue weighted by atomic mass is 9.75. The number of hydrogen-bond donors (Lipinski definition) is 2. The Morgan fingerprint density at radius 3 is 2.25 bits per heavy atom. The fourth-order valence-corrected chi connectivity index (χ4v) is 3.06. The number of aromatic amines is 1. The predicted octanol–water partition coefficient (Wildman–Crippen LogP) is 2.32. The molecule has 0 aliphatic carbocycles. The standard InChI is InChI=1S/C17H22BFN2O3/c1-8-9(2)21-14-12(8)10(7-11(19)13(14)15(20)22)18-23-16(3,4)17(5,6)24-18/h7,21H,1-6H3,(H2,20,22). The zero-order valence-electron chi connectivity index (χ0n) is 14.8. The van der Waals surface area contributed by atoms with Crippen LogP contribution in [0.5, 0.6) is 0 Å². The van der Waals surface area contributed by atoms with Crippen molar-refractivity contribution in [2.75, 3.05) is 0 Å². The van der Waals surface area contributed by atoms with E-state index in [0.29, 0.717) is 11.0 Å². The first-order valence-corrected chi connectivity index (χ1v) is 7.93. The van der Waals surface area contributed by atoms with E-state index in [1.807, 2.05) is 41.5 Å². The van der Waals surface area contributed by atoms with Gasteiger partial charge >= 0.3 is 7.12 Å². The number of amides is 1. The number of H-pyrrole nitrogens is 1. The summed E-state index contributed by atoms with van der Waals surface area (Å²) in [6, 6.07) is 1.30. The average molecular weight is 332 g/mol. The van der Waals surface area contributed by atoms with Crippen LogP contribution in [-0.2, 0) is 9.31 Å². The van der Waals surface area contributed by atoms with Gasteiger partial charge in [0.2, 0.25) is 0 Å². The molecule has 0 bridgehead atoms. The number of carbonyl (C=O) groups excluding carboxylic acids is 1. The first-order valence-electron chi connectivity index (χ1n) is 7.93. The Bertz CT molecular complexity index is 841. The van der Waals surface area contributed by atoms with Crippen LogP contribution in [0.4, 0.5) is 4.39 Å². The Morgan fingerprint density at radius 1 is 1.21 bits per heavy atom. The van der Waals surface area contributed by atoms with Crippen molar-refractivity contribution in [2.45, 2.75) is 52.7 Å². The summed E-state index contributed by atoms with van der Waals surface area (Å²) in [6.07, 6.45) is 0. The zero-order chi connectivity index (χ0) is 18.0. The molecule has 0 unspecified atom stereocenters. The summed E-state index contributed by atoms with van der Waals surface area (Å²) in [7, 11) is -0.720. The Morgan fingerprint density at radius 2 is 1.75 bits per heavy atom. The maximum absolute atomic E-state index is 14.6. The van der Waals surface area contributed by atoms with Crippen LogP contribution in [-0.4, -0.2) is 29.2 Å². The highest BCUT2D eigenvalue weighted by molar-refractivity contribution is 6.65. The van der Waals surface area contributed by atoms with E-state index in [1.165, 1.54) is 6.07 Å². The normalized spacial score (nSPS) is 19.2. The Balaban J connectivity index is 2.28. The number of hydrogen-bond acceptors (Lipinski definition) is 3. The van der Waals surface area contributed by atoms with Crippen LogP contribution in [0.2, 0.25) is 0 Å². The van der Waals surface area contributed by atoms with E-state index in [2.05, 4.69) is 4.98 Å². The van der Waals surface area contributed by atoms with Crippen molar-refractivity contribution in [2.24, 2.45) is 5.73 Å². The zero-order valence-corrected chi connectivity index (χ0v) is 14.8. The van der Waals surface area contributed by atoms with Crippen molar-refractivity contribution in [1.82, 2.24) is 4.98 Å². The SMILES string of the molecule is Cc1[nH]c2c(C(N)=O)c(F)cc(B3OC(C)(C)C(C)(C)O3)c2c1C. The minimum Gasteiger partial charge on any atom is -0.399 e. The van der Waals surface area contributed by atoms with Crippen molar-refractivity contribution >= 4 is 29.4 Å². The molecule has 1 aliphatic rings. The highest BCUT2D eigenvalue weighted by Crippen LogP contribution is 2.37. The first-order chi connectivity index (χ1) is 11.0. The van der Waals surface area contributed by atoms with Gasteiger partial charge in [-0.25, -0.2) is 4.39 Å². The third-order valence-electron chi connectivity index (χ3n) is 5.31. The molecule has 2 aromatic rings. The Hall–Kier alpha value is -1.86. The van der Waals surface area contributed by atoms with Gasteiger partial charge in [0.1, 0.15) is 5.82 Å². The van der Waals surface area contributed by atoms with E-state index in [-0.39, 0.29) is 5.56 Å². The van der Waals surface area contributed by atoms with Gasteiger partial charge in [-0.2, -0.15) is 0 Å². The summed E-state index contributed by atoms with van der Waals surface area (Å²) in [5.74, 6) is -1.49. The van der Waals surface area contributed by atoms with Crippen molar-refractivity contribution in [3.63, 3.8) is 0 Å². The van der Waals surface area contributed by atoms with Crippen LogP contribution >= 0.6 is 0 Å². The maximum atomic E-state index is 14.6. The molecule has 7 heteroatoms. The van der Waals surface area contributed by atoms with Crippen LogP contribution in [0.15, 0.2) is 6.07 Å². The molecule has 1 fully saturated rings. The van der Waals surface area contributed by atoms with E-state index in [1.54, 1.807) is 0 Å². The molecule has 1 amide bonds.